The minimum atomic E-state index is -0.0297. The van der Waals surface area contributed by atoms with Crippen molar-refractivity contribution in [1.82, 2.24) is 14.9 Å². The molecular weight excluding hydrogens is 252 g/mol. The van der Waals surface area contributed by atoms with Crippen LogP contribution < -0.4 is 5.32 Å². The van der Waals surface area contributed by atoms with Crippen molar-refractivity contribution in [2.75, 3.05) is 25.0 Å². The van der Waals surface area contributed by atoms with Crippen molar-refractivity contribution in [2.45, 2.75) is 47.0 Å². The summed E-state index contributed by atoms with van der Waals surface area (Å²) in [5, 5.41) is 3.24. The Hall–Kier alpha value is -1.65. The number of rotatable bonds is 7. The molecule has 0 saturated carbocycles. The minimum absolute atomic E-state index is 0.0297. The number of carbonyl (C=O) groups is 1. The lowest BCUT2D eigenvalue weighted by Gasteiger charge is -2.20. The van der Waals surface area contributed by atoms with Crippen LogP contribution in [0.15, 0.2) is 6.20 Å². The van der Waals surface area contributed by atoms with Crippen LogP contribution in [0, 0.1) is 0 Å². The van der Waals surface area contributed by atoms with E-state index in [0.717, 1.165) is 18.7 Å². The third-order valence-electron chi connectivity index (χ3n) is 3.14. The molecule has 0 spiro atoms. The quantitative estimate of drug-likeness (QED) is 0.833. The van der Waals surface area contributed by atoms with Gasteiger partial charge in [0.15, 0.2) is 5.69 Å². The lowest BCUT2D eigenvalue weighted by Crippen LogP contribution is -2.32. The summed E-state index contributed by atoms with van der Waals surface area (Å²) >= 11 is 0. The zero-order valence-corrected chi connectivity index (χ0v) is 13.2. The van der Waals surface area contributed by atoms with Crippen LogP contribution in [0.4, 0.5) is 5.69 Å². The molecule has 112 valence electrons. The van der Waals surface area contributed by atoms with E-state index < -0.39 is 0 Å². The lowest BCUT2D eigenvalue weighted by molar-refractivity contribution is 0.0767. The van der Waals surface area contributed by atoms with Gasteiger partial charge in [-0.25, -0.2) is 9.97 Å². The number of hydrogen-bond donors (Lipinski definition) is 1. The summed E-state index contributed by atoms with van der Waals surface area (Å²) in [6.45, 7) is 12.3. The lowest BCUT2D eigenvalue weighted by atomic mass is 10.2. The molecule has 20 heavy (non-hydrogen) atoms. The fraction of sp³-hybridized carbons (Fsp3) is 0.667. The van der Waals surface area contributed by atoms with Crippen LogP contribution in [0.5, 0.6) is 0 Å². The number of nitrogens with one attached hydrogen (secondary N) is 1. The molecule has 0 fully saturated rings. The average Bonchev–Trinajstić information content (AvgIpc) is 2.45. The topological polar surface area (TPSA) is 58.1 Å². The van der Waals surface area contributed by atoms with Gasteiger partial charge in [-0.2, -0.15) is 0 Å². The summed E-state index contributed by atoms with van der Waals surface area (Å²) in [6.07, 6.45) is 2.72. The Morgan fingerprint density at radius 3 is 2.45 bits per heavy atom. The van der Waals surface area contributed by atoms with E-state index in [4.69, 9.17) is 0 Å². The predicted molar refractivity (Wildman–Crippen MR) is 82.2 cm³/mol. The molecule has 5 heteroatoms. The number of carbonyl (C=O) groups excluding carboxylic acids is 1. The smallest absolute Gasteiger partial charge is 0.274 e. The molecule has 1 heterocycles. The number of anilines is 1. The van der Waals surface area contributed by atoms with E-state index in [1.54, 1.807) is 11.1 Å². The number of nitrogens with zero attached hydrogens (tertiary/aromatic N) is 3. The van der Waals surface area contributed by atoms with Gasteiger partial charge in [-0.05, 0) is 20.3 Å². The molecule has 1 aromatic rings. The third-order valence-corrected chi connectivity index (χ3v) is 3.14. The van der Waals surface area contributed by atoms with Gasteiger partial charge in [-0.3, -0.25) is 4.79 Å². The number of amides is 1. The first-order chi connectivity index (χ1) is 9.54. The Morgan fingerprint density at radius 1 is 1.30 bits per heavy atom. The first-order valence-electron chi connectivity index (χ1n) is 7.45. The van der Waals surface area contributed by atoms with E-state index in [1.807, 2.05) is 27.7 Å². The van der Waals surface area contributed by atoms with E-state index >= 15 is 0 Å². The fourth-order valence-corrected chi connectivity index (χ4v) is 1.89. The molecule has 0 unspecified atom stereocenters. The highest BCUT2D eigenvalue weighted by molar-refractivity contribution is 5.97. The Labute approximate surface area is 121 Å². The standard InChI is InChI=1S/C15H26N4O/c1-6-9-16-12-10-17-14(11(4)5)18-13(12)15(20)19(7-2)8-3/h10-11,16H,6-9H2,1-5H3. The monoisotopic (exact) mass is 278 g/mol. The maximum absolute atomic E-state index is 12.6. The molecule has 0 aromatic carbocycles. The molecule has 0 aliphatic heterocycles. The molecule has 0 aliphatic rings. The zero-order chi connectivity index (χ0) is 15.1. The molecule has 0 saturated heterocycles. The maximum atomic E-state index is 12.6. The van der Waals surface area contributed by atoms with Gasteiger partial charge in [0.25, 0.3) is 5.91 Å². The molecular formula is C15H26N4O. The Balaban J connectivity index is 3.16. The van der Waals surface area contributed by atoms with Gasteiger partial charge in [-0.1, -0.05) is 20.8 Å². The molecule has 0 atom stereocenters. The highest BCUT2D eigenvalue weighted by Crippen LogP contribution is 2.18. The van der Waals surface area contributed by atoms with Crippen LogP contribution in [0.1, 0.15) is 63.3 Å². The van der Waals surface area contributed by atoms with Crippen molar-refractivity contribution in [2.24, 2.45) is 0 Å². The number of hydrogen-bond acceptors (Lipinski definition) is 4. The third kappa shape index (κ3) is 3.92. The average molecular weight is 278 g/mol. The van der Waals surface area contributed by atoms with Crippen molar-refractivity contribution in [1.29, 1.82) is 0 Å². The van der Waals surface area contributed by atoms with Gasteiger partial charge >= 0.3 is 0 Å². The van der Waals surface area contributed by atoms with Crippen LogP contribution in [0.2, 0.25) is 0 Å². The second kappa shape index (κ2) is 7.82. The Morgan fingerprint density at radius 2 is 1.95 bits per heavy atom. The molecule has 1 amide bonds. The van der Waals surface area contributed by atoms with E-state index in [1.165, 1.54) is 0 Å². The van der Waals surface area contributed by atoms with Crippen LogP contribution >= 0.6 is 0 Å². The van der Waals surface area contributed by atoms with Gasteiger partial charge in [-0.15, -0.1) is 0 Å². The Kier molecular flexibility index (Phi) is 6.42. The van der Waals surface area contributed by atoms with Gasteiger partial charge < -0.3 is 10.2 Å². The summed E-state index contributed by atoms with van der Waals surface area (Å²) in [7, 11) is 0. The first-order valence-corrected chi connectivity index (χ1v) is 7.45. The summed E-state index contributed by atoms with van der Waals surface area (Å²) < 4.78 is 0. The van der Waals surface area contributed by atoms with Crippen molar-refractivity contribution < 1.29 is 4.79 Å². The largest absolute Gasteiger partial charge is 0.382 e. The summed E-state index contributed by atoms with van der Waals surface area (Å²) in [5.74, 6) is 0.888. The van der Waals surface area contributed by atoms with Crippen molar-refractivity contribution in [3.63, 3.8) is 0 Å². The van der Waals surface area contributed by atoms with E-state index in [2.05, 4.69) is 22.2 Å². The molecule has 0 radical (unpaired) electrons. The normalized spacial score (nSPS) is 10.7. The van der Waals surface area contributed by atoms with Crippen LogP contribution in [-0.4, -0.2) is 40.4 Å². The molecule has 0 aliphatic carbocycles. The zero-order valence-electron chi connectivity index (χ0n) is 13.2. The SMILES string of the molecule is CCCNc1cnc(C(C)C)nc1C(=O)N(CC)CC. The molecule has 0 bridgehead atoms. The fourth-order valence-electron chi connectivity index (χ4n) is 1.89. The molecule has 5 nitrogen and oxygen atoms in total. The first kappa shape index (κ1) is 16.4. The second-order valence-corrected chi connectivity index (χ2v) is 5.05. The highest BCUT2D eigenvalue weighted by atomic mass is 16.2. The van der Waals surface area contributed by atoms with Gasteiger partial charge in [0.2, 0.25) is 0 Å². The van der Waals surface area contributed by atoms with E-state index in [0.29, 0.717) is 24.6 Å². The Bertz CT molecular complexity index is 441. The summed E-state index contributed by atoms with van der Waals surface area (Å²) in [6, 6.07) is 0. The second-order valence-electron chi connectivity index (χ2n) is 5.05. The van der Waals surface area contributed by atoms with Crippen molar-refractivity contribution >= 4 is 11.6 Å². The molecule has 1 N–H and O–H groups in total. The highest BCUT2D eigenvalue weighted by Gasteiger charge is 2.20. The van der Waals surface area contributed by atoms with E-state index in [-0.39, 0.29) is 11.8 Å². The predicted octanol–water partition coefficient (Wildman–Crippen LogP) is 2.90. The molecule has 1 aromatic heterocycles. The van der Waals surface area contributed by atoms with Crippen molar-refractivity contribution in [3.8, 4) is 0 Å². The van der Waals surface area contributed by atoms with Crippen LogP contribution in [0.25, 0.3) is 0 Å². The van der Waals surface area contributed by atoms with E-state index in [9.17, 15) is 4.79 Å². The van der Waals surface area contributed by atoms with Crippen molar-refractivity contribution in [3.05, 3.63) is 17.7 Å². The van der Waals surface area contributed by atoms with Gasteiger partial charge in [0.05, 0.1) is 11.9 Å². The number of aromatic nitrogens is 2. The summed E-state index contributed by atoms with van der Waals surface area (Å²) in [5.41, 5.74) is 1.22. The van der Waals surface area contributed by atoms with Gasteiger partial charge in [0, 0.05) is 25.6 Å². The summed E-state index contributed by atoms with van der Waals surface area (Å²) in [4.78, 5) is 23.2. The molecule has 1 rings (SSSR count). The minimum Gasteiger partial charge on any atom is -0.382 e. The van der Waals surface area contributed by atoms with Crippen LogP contribution in [0.3, 0.4) is 0 Å². The maximum Gasteiger partial charge on any atom is 0.274 e. The van der Waals surface area contributed by atoms with Crippen LogP contribution in [-0.2, 0) is 0 Å². The van der Waals surface area contributed by atoms with Gasteiger partial charge in [0.1, 0.15) is 5.82 Å².